The maximum atomic E-state index is 12.6. The molecule has 0 fully saturated rings. The number of amides is 1. The van der Waals surface area contributed by atoms with Crippen molar-refractivity contribution in [1.82, 2.24) is 14.9 Å². The van der Waals surface area contributed by atoms with Gasteiger partial charge in [-0.3, -0.25) is 4.79 Å². The van der Waals surface area contributed by atoms with Crippen LogP contribution in [0.5, 0.6) is 0 Å². The van der Waals surface area contributed by atoms with Crippen molar-refractivity contribution in [3.05, 3.63) is 99.8 Å². The summed E-state index contributed by atoms with van der Waals surface area (Å²) < 4.78 is 2.05. The van der Waals surface area contributed by atoms with E-state index in [1.165, 1.54) is 0 Å². The summed E-state index contributed by atoms with van der Waals surface area (Å²) in [6, 6.07) is 22.2. The number of hydrogen-bond acceptors (Lipinski definition) is 2. The Bertz CT molecular complexity index is 1150. The van der Waals surface area contributed by atoms with Crippen molar-refractivity contribution < 1.29 is 4.79 Å². The Balaban J connectivity index is 1.72. The van der Waals surface area contributed by atoms with E-state index in [9.17, 15) is 4.79 Å². The summed E-state index contributed by atoms with van der Waals surface area (Å²) in [5.74, 6) is 0.596. The standard InChI is InChI=1S/C23H19Cl2N3O/c1-15(26-23(29)16-8-3-2-4-9-16)22-27-20-12-5-6-13-21(20)28(22)14-17-18(24)10-7-11-19(17)25/h2-13,15H,14H2,1H3,(H,26,29)/t15-/m0/s1. The summed E-state index contributed by atoms with van der Waals surface area (Å²) in [5.41, 5.74) is 3.24. The van der Waals surface area contributed by atoms with E-state index in [2.05, 4.69) is 9.88 Å². The van der Waals surface area contributed by atoms with Gasteiger partial charge in [-0.1, -0.05) is 59.6 Å². The van der Waals surface area contributed by atoms with Crippen LogP contribution in [0.3, 0.4) is 0 Å². The molecule has 0 saturated heterocycles. The summed E-state index contributed by atoms with van der Waals surface area (Å²) in [6.07, 6.45) is 0. The van der Waals surface area contributed by atoms with E-state index < -0.39 is 0 Å². The largest absolute Gasteiger partial charge is 0.342 e. The first-order valence-corrected chi connectivity index (χ1v) is 10.0. The molecule has 6 heteroatoms. The average Bonchev–Trinajstić information content (AvgIpc) is 3.10. The van der Waals surface area contributed by atoms with Crippen LogP contribution in [0.2, 0.25) is 10.0 Å². The van der Waals surface area contributed by atoms with Crippen molar-refractivity contribution in [3.8, 4) is 0 Å². The smallest absolute Gasteiger partial charge is 0.251 e. The topological polar surface area (TPSA) is 46.9 Å². The molecule has 0 unspecified atom stereocenters. The molecular weight excluding hydrogens is 405 g/mol. The van der Waals surface area contributed by atoms with Gasteiger partial charge in [0, 0.05) is 21.2 Å². The Hall–Kier alpha value is -2.82. The molecule has 4 aromatic rings. The van der Waals surface area contributed by atoms with Gasteiger partial charge < -0.3 is 9.88 Å². The molecule has 0 aliphatic heterocycles. The van der Waals surface area contributed by atoms with Crippen molar-refractivity contribution in [2.45, 2.75) is 19.5 Å². The van der Waals surface area contributed by atoms with E-state index in [1.54, 1.807) is 12.1 Å². The lowest BCUT2D eigenvalue weighted by atomic mass is 10.2. The first-order chi connectivity index (χ1) is 14.0. The second-order valence-corrected chi connectivity index (χ2v) is 7.62. The Morgan fingerprint density at radius 3 is 2.34 bits per heavy atom. The molecule has 1 aromatic heterocycles. The number of fused-ring (bicyclic) bond motifs is 1. The third-order valence-electron chi connectivity index (χ3n) is 4.83. The van der Waals surface area contributed by atoms with E-state index in [1.807, 2.05) is 67.6 Å². The number of para-hydroxylation sites is 2. The van der Waals surface area contributed by atoms with Gasteiger partial charge in [0.2, 0.25) is 0 Å². The fraction of sp³-hybridized carbons (Fsp3) is 0.130. The van der Waals surface area contributed by atoms with Gasteiger partial charge in [-0.25, -0.2) is 4.98 Å². The minimum Gasteiger partial charge on any atom is -0.342 e. The lowest BCUT2D eigenvalue weighted by Crippen LogP contribution is -2.28. The normalized spacial score (nSPS) is 12.1. The van der Waals surface area contributed by atoms with Crippen LogP contribution in [0.15, 0.2) is 72.8 Å². The molecule has 3 aromatic carbocycles. The van der Waals surface area contributed by atoms with Gasteiger partial charge in [0.05, 0.1) is 23.6 Å². The number of hydrogen-bond donors (Lipinski definition) is 1. The zero-order valence-corrected chi connectivity index (χ0v) is 17.3. The monoisotopic (exact) mass is 423 g/mol. The number of aromatic nitrogens is 2. The van der Waals surface area contributed by atoms with Crippen LogP contribution in [0.4, 0.5) is 0 Å². The molecule has 0 aliphatic rings. The van der Waals surface area contributed by atoms with Crippen molar-refractivity contribution in [1.29, 1.82) is 0 Å². The predicted octanol–water partition coefficient (Wildman–Crippen LogP) is 5.88. The molecule has 1 N–H and O–H groups in total. The third kappa shape index (κ3) is 4.00. The molecule has 0 bridgehead atoms. The number of benzene rings is 3. The zero-order chi connectivity index (χ0) is 20.4. The summed E-state index contributed by atoms with van der Waals surface area (Å²) in [7, 11) is 0. The third-order valence-corrected chi connectivity index (χ3v) is 5.54. The predicted molar refractivity (Wildman–Crippen MR) is 118 cm³/mol. The van der Waals surface area contributed by atoms with E-state index in [0.717, 1.165) is 22.4 Å². The maximum absolute atomic E-state index is 12.6. The molecule has 1 heterocycles. The first kappa shape index (κ1) is 19.5. The van der Waals surface area contributed by atoms with Crippen molar-refractivity contribution >= 4 is 40.1 Å². The van der Waals surface area contributed by atoms with Gasteiger partial charge in [0.25, 0.3) is 5.91 Å². The molecule has 4 nitrogen and oxygen atoms in total. The SMILES string of the molecule is C[C@H](NC(=O)c1ccccc1)c1nc2ccccc2n1Cc1c(Cl)cccc1Cl. The van der Waals surface area contributed by atoms with Gasteiger partial charge in [-0.2, -0.15) is 0 Å². The highest BCUT2D eigenvalue weighted by Crippen LogP contribution is 2.29. The molecule has 1 atom stereocenters. The second-order valence-electron chi connectivity index (χ2n) is 6.81. The molecule has 0 spiro atoms. The second kappa shape index (κ2) is 8.27. The van der Waals surface area contributed by atoms with Gasteiger partial charge in [-0.15, -0.1) is 0 Å². The molecule has 146 valence electrons. The van der Waals surface area contributed by atoms with Crippen LogP contribution in [-0.4, -0.2) is 15.5 Å². The summed E-state index contributed by atoms with van der Waals surface area (Å²) in [5, 5.41) is 4.24. The van der Waals surface area contributed by atoms with E-state index in [4.69, 9.17) is 28.2 Å². The molecule has 0 aliphatic carbocycles. The van der Waals surface area contributed by atoms with Crippen LogP contribution >= 0.6 is 23.2 Å². The Labute approximate surface area is 179 Å². The number of nitrogens with one attached hydrogen (secondary N) is 1. The van der Waals surface area contributed by atoms with E-state index in [0.29, 0.717) is 22.2 Å². The molecule has 29 heavy (non-hydrogen) atoms. The number of carbonyl (C=O) groups is 1. The van der Waals surface area contributed by atoms with Crippen LogP contribution in [0.25, 0.3) is 11.0 Å². The number of rotatable bonds is 5. The molecule has 0 saturated carbocycles. The van der Waals surface area contributed by atoms with Crippen molar-refractivity contribution in [2.24, 2.45) is 0 Å². The highest BCUT2D eigenvalue weighted by Gasteiger charge is 2.20. The number of imidazole rings is 1. The fourth-order valence-electron chi connectivity index (χ4n) is 3.37. The number of carbonyl (C=O) groups excluding carboxylic acids is 1. The van der Waals surface area contributed by atoms with Crippen LogP contribution in [0.1, 0.15) is 34.7 Å². The lowest BCUT2D eigenvalue weighted by Gasteiger charge is -2.17. The Morgan fingerprint density at radius 2 is 1.62 bits per heavy atom. The Morgan fingerprint density at radius 1 is 0.966 bits per heavy atom. The van der Waals surface area contributed by atoms with Gasteiger partial charge in [0.1, 0.15) is 5.82 Å². The molecule has 0 radical (unpaired) electrons. The molecular formula is C23H19Cl2N3O. The quantitative estimate of drug-likeness (QED) is 0.435. The highest BCUT2D eigenvalue weighted by atomic mass is 35.5. The minimum atomic E-state index is -0.309. The van der Waals surface area contributed by atoms with Gasteiger partial charge in [0.15, 0.2) is 0 Å². The summed E-state index contributed by atoms with van der Waals surface area (Å²) in [6.45, 7) is 2.38. The molecule has 4 rings (SSSR count). The van der Waals surface area contributed by atoms with Crippen LogP contribution < -0.4 is 5.32 Å². The van der Waals surface area contributed by atoms with Crippen LogP contribution in [0, 0.1) is 0 Å². The van der Waals surface area contributed by atoms with Gasteiger partial charge in [-0.05, 0) is 43.3 Å². The highest BCUT2D eigenvalue weighted by molar-refractivity contribution is 6.36. The van der Waals surface area contributed by atoms with Gasteiger partial charge >= 0.3 is 0 Å². The van der Waals surface area contributed by atoms with Crippen molar-refractivity contribution in [2.75, 3.05) is 0 Å². The van der Waals surface area contributed by atoms with E-state index >= 15 is 0 Å². The maximum Gasteiger partial charge on any atom is 0.251 e. The lowest BCUT2D eigenvalue weighted by molar-refractivity contribution is 0.0938. The average molecular weight is 424 g/mol. The molecule has 1 amide bonds. The number of halogens is 2. The fourth-order valence-corrected chi connectivity index (χ4v) is 3.88. The van der Waals surface area contributed by atoms with E-state index in [-0.39, 0.29) is 11.9 Å². The first-order valence-electron chi connectivity index (χ1n) is 9.28. The Kier molecular flexibility index (Phi) is 5.56. The van der Waals surface area contributed by atoms with Crippen molar-refractivity contribution in [3.63, 3.8) is 0 Å². The zero-order valence-electron chi connectivity index (χ0n) is 15.8. The summed E-state index contributed by atoms with van der Waals surface area (Å²) >= 11 is 12.8. The number of nitrogens with zero attached hydrogens (tertiary/aromatic N) is 2. The minimum absolute atomic E-state index is 0.146. The van der Waals surface area contributed by atoms with Crippen LogP contribution in [-0.2, 0) is 6.54 Å². The summed E-state index contributed by atoms with van der Waals surface area (Å²) in [4.78, 5) is 17.4.